The van der Waals surface area contributed by atoms with E-state index in [1.807, 2.05) is 0 Å². The minimum absolute atomic E-state index is 0.117. The van der Waals surface area contributed by atoms with Crippen molar-refractivity contribution >= 4 is 57.8 Å². The number of benzene rings is 2. The first-order chi connectivity index (χ1) is 12.3. The molecule has 7 nitrogen and oxygen atoms in total. The molecule has 0 unspecified atom stereocenters. The van der Waals surface area contributed by atoms with Gasteiger partial charge in [-0.2, -0.15) is 0 Å². The maximum absolute atomic E-state index is 12.3. The first kappa shape index (κ1) is 18.6. The normalized spacial score (nSPS) is 13.2. The molecule has 2 aromatic carbocycles. The Labute approximate surface area is 163 Å². The molecule has 0 aromatic heterocycles. The third-order valence-electron chi connectivity index (χ3n) is 3.70. The number of halogens is 3. The largest absolute Gasteiger partial charge is 0.377 e. The van der Waals surface area contributed by atoms with Crippen LogP contribution in [0.2, 0.25) is 15.1 Å². The molecule has 1 amide bonds. The van der Waals surface area contributed by atoms with Crippen LogP contribution in [0.3, 0.4) is 0 Å². The molecule has 1 fully saturated rings. The maximum Gasteiger partial charge on any atom is 0.293 e. The molecule has 1 aliphatic carbocycles. The highest BCUT2D eigenvalue weighted by Crippen LogP contribution is 2.34. The van der Waals surface area contributed by atoms with Gasteiger partial charge in [0.1, 0.15) is 5.69 Å². The van der Waals surface area contributed by atoms with Gasteiger partial charge in [-0.05, 0) is 37.1 Å². The quantitative estimate of drug-likeness (QED) is 0.461. The van der Waals surface area contributed by atoms with Gasteiger partial charge in [-0.3, -0.25) is 25.8 Å². The Balaban J connectivity index is 1.75. The highest BCUT2D eigenvalue weighted by atomic mass is 35.5. The fourth-order valence-electron chi connectivity index (χ4n) is 2.25. The van der Waals surface area contributed by atoms with Gasteiger partial charge in [-0.25, -0.2) is 0 Å². The van der Waals surface area contributed by atoms with Crippen LogP contribution in [0.15, 0.2) is 30.3 Å². The zero-order valence-electron chi connectivity index (χ0n) is 13.2. The number of hydrogen-bond acceptors (Lipinski definition) is 5. The van der Waals surface area contributed by atoms with E-state index in [9.17, 15) is 14.9 Å². The lowest BCUT2D eigenvalue weighted by atomic mass is 10.1. The summed E-state index contributed by atoms with van der Waals surface area (Å²) in [6.07, 6.45) is 1.96. The van der Waals surface area contributed by atoms with Gasteiger partial charge in [-0.1, -0.05) is 34.8 Å². The SMILES string of the molecule is O=C(NNc1c(Cl)cc(Cl)cc1Cl)c1ccc(NC2CC2)c([N+](=O)[O-])c1. The minimum atomic E-state index is -0.576. The Morgan fingerprint density at radius 2 is 1.77 bits per heavy atom. The first-order valence-electron chi connectivity index (χ1n) is 7.61. The molecule has 0 saturated heterocycles. The van der Waals surface area contributed by atoms with Crippen LogP contribution in [-0.4, -0.2) is 16.9 Å². The van der Waals surface area contributed by atoms with Gasteiger partial charge >= 0.3 is 0 Å². The van der Waals surface area contributed by atoms with Crippen molar-refractivity contribution in [1.82, 2.24) is 5.43 Å². The highest BCUT2D eigenvalue weighted by Gasteiger charge is 2.25. The van der Waals surface area contributed by atoms with Gasteiger partial charge in [-0.15, -0.1) is 0 Å². The topological polar surface area (TPSA) is 96.3 Å². The number of nitrogens with zero attached hydrogens (tertiary/aromatic N) is 1. The van der Waals surface area contributed by atoms with Crippen LogP contribution in [0.4, 0.5) is 17.1 Å². The number of nitrogens with one attached hydrogen (secondary N) is 3. The van der Waals surface area contributed by atoms with Crippen molar-refractivity contribution in [2.75, 3.05) is 10.7 Å². The average Bonchev–Trinajstić information content (AvgIpc) is 3.37. The Hall–Kier alpha value is -2.22. The van der Waals surface area contributed by atoms with Crippen molar-refractivity contribution in [3.05, 3.63) is 61.1 Å². The second kappa shape index (κ2) is 7.57. The third kappa shape index (κ3) is 4.30. The summed E-state index contributed by atoms with van der Waals surface area (Å²) in [5.41, 5.74) is 5.64. The van der Waals surface area contributed by atoms with Gasteiger partial charge in [0.05, 0.1) is 20.7 Å². The lowest BCUT2D eigenvalue weighted by molar-refractivity contribution is -0.384. The van der Waals surface area contributed by atoms with Crippen molar-refractivity contribution in [3.63, 3.8) is 0 Å². The number of amides is 1. The van der Waals surface area contributed by atoms with E-state index in [1.165, 1.54) is 30.3 Å². The van der Waals surface area contributed by atoms with Crippen molar-refractivity contribution in [2.45, 2.75) is 18.9 Å². The summed E-state index contributed by atoms with van der Waals surface area (Å²) in [5, 5.41) is 15.1. The highest BCUT2D eigenvalue weighted by molar-refractivity contribution is 6.41. The minimum Gasteiger partial charge on any atom is -0.377 e. The molecule has 1 saturated carbocycles. The molecule has 0 radical (unpaired) electrons. The molecule has 0 bridgehead atoms. The molecule has 0 atom stereocenters. The fraction of sp³-hybridized carbons (Fsp3) is 0.188. The van der Waals surface area contributed by atoms with Crippen LogP contribution in [-0.2, 0) is 0 Å². The fourth-order valence-corrected chi connectivity index (χ4v) is 3.16. The molecule has 26 heavy (non-hydrogen) atoms. The second-order valence-electron chi connectivity index (χ2n) is 5.73. The average molecular weight is 416 g/mol. The van der Waals surface area contributed by atoms with Crippen molar-refractivity contribution in [3.8, 4) is 0 Å². The van der Waals surface area contributed by atoms with Gasteiger partial charge in [0.15, 0.2) is 0 Å². The molecule has 0 aliphatic heterocycles. The van der Waals surface area contributed by atoms with E-state index < -0.39 is 10.8 Å². The number of hydrazine groups is 1. The van der Waals surface area contributed by atoms with Crippen LogP contribution in [0.5, 0.6) is 0 Å². The molecule has 3 N–H and O–H groups in total. The van der Waals surface area contributed by atoms with E-state index in [-0.39, 0.29) is 33.0 Å². The second-order valence-corrected chi connectivity index (χ2v) is 6.98. The Morgan fingerprint density at radius 3 is 2.35 bits per heavy atom. The summed E-state index contributed by atoms with van der Waals surface area (Å²) in [7, 11) is 0. The Bertz CT molecular complexity index is 864. The predicted octanol–water partition coefficient (Wildman–Crippen LogP) is 4.89. The van der Waals surface area contributed by atoms with E-state index >= 15 is 0 Å². The summed E-state index contributed by atoms with van der Waals surface area (Å²) in [5.74, 6) is -0.576. The molecule has 0 heterocycles. The number of rotatable bonds is 6. The van der Waals surface area contributed by atoms with Crippen LogP contribution in [0.25, 0.3) is 0 Å². The van der Waals surface area contributed by atoms with E-state index in [4.69, 9.17) is 34.8 Å². The Morgan fingerprint density at radius 1 is 1.12 bits per heavy atom. The standard InChI is InChI=1S/C16H13Cl3N4O3/c17-9-6-11(18)15(12(19)7-9)21-22-16(24)8-1-4-13(20-10-2-3-10)14(5-8)23(25)26/h1,4-7,10,20-21H,2-3H2,(H,22,24). The van der Waals surface area contributed by atoms with Crippen LogP contribution < -0.4 is 16.2 Å². The maximum atomic E-state index is 12.3. The number of hydrogen-bond donors (Lipinski definition) is 3. The number of anilines is 2. The molecular formula is C16H13Cl3N4O3. The zero-order chi connectivity index (χ0) is 18.8. The summed E-state index contributed by atoms with van der Waals surface area (Å²) in [4.78, 5) is 23.0. The monoisotopic (exact) mass is 414 g/mol. The van der Waals surface area contributed by atoms with Crippen molar-refractivity contribution in [2.24, 2.45) is 0 Å². The lowest BCUT2D eigenvalue weighted by Gasteiger charge is -2.12. The first-order valence-corrected chi connectivity index (χ1v) is 8.74. The summed E-state index contributed by atoms with van der Waals surface area (Å²) >= 11 is 17.9. The molecule has 1 aliphatic rings. The van der Waals surface area contributed by atoms with Crippen LogP contribution >= 0.6 is 34.8 Å². The zero-order valence-corrected chi connectivity index (χ0v) is 15.5. The van der Waals surface area contributed by atoms with Gasteiger partial charge in [0.25, 0.3) is 11.6 Å². The van der Waals surface area contributed by atoms with Crippen molar-refractivity contribution < 1.29 is 9.72 Å². The summed E-state index contributed by atoms with van der Waals surface area (Å²) in [6, 6.07) is 7.42. The number of carbonyl (C=O) groups is 1. The molecule has 0 spiro atoms. The van der Waals surface area contributed by atoms with Gasteiger partial charge < -0.3 is 5.32 Å². The van der Waals surface area contributed by atoms with E-state index in [2.05, 4.69) is 16.2 Å². The van der Waals surface area contributed by atoms with Crippen molar-refractivity contribution in [1.29, 1.82) is 0 Å². The molecule has 2 aromatic rings. The van der Waals surface area contributed by atoms with Crippen LogP contribution in [0.1, 0.15) is 23.2 Å². The molecule has 136 valence electrons. The number of nitro benzene ring substituents is 1. The number of nitro groups is 1. The lowest BCUT2D eigenvalue weighted by Crippen LogP contribution is -2.29. The van der Waals surface area contributed by atoms with E-state index in [1.54, 1.807) is 0 Å². The summed E-state index contributed by atoms with van der Waals surface area (Å²) < 4.78 is 0. The van der Waals surface area contributed by atoms with E-state index in [0.717, 1.165) is 12.8 Å². The molecule has 10 heteroatoms. The predicted molar refractivity (Wildman–Crippen MR) is 102 cm³/mol. The van der Waals surface area contributed by atoms with Crippen LogP contribution in [0, 0.1) is 10.1 Å². The van der Waals surface area contributed by atoms with E-state index in [0.29, 0.717) is 10.7 Å². The summed E-state index contributed by atoms with van der Waals surface area (Å²) in [6.45, 7) is 0. The van der Waals surface area contributed by atoms with Gasteiger partial charge in [0.2, 0.25) is 0 Å². The smallest absolute Gasteiger partial charge is 0.293 e. The molecular weight excluding hydrogens is 403 g/mol. The number of carbonyl (C=O) groups excluding carboxylic acids is 1. The Kier molecular flexibility index (Phi) is 5.41. The molecule has 3 rings (SSSR count). The van der Waals surface area contributed by atoms with Gasteiger partial charge in [0, 0.05) is 22.7 Å². The third-order valence-corrected chi connectivity index (χ3v) is 4.52.